The van der Waals surface area contributed by atoms with Crippen LogP contribution in [0.2, 0.25) is 0 Å². The minimum absolute atomic E-state index is 0.0740. The first-order valence-electron chi connectivity index (χ1n) is 12.2. The smallest absolute Gasteiger partial charge is 0.227 e. The Kier molecular flexibility index (Phi) is 5.74. The third-order valence-electron chi connectivity index (χ3n) is 7.39. The molecule has 2 aromatic rings. The monoisotopic (exact) mass is 500 g/mol. The van der Waals surface area contributed by atoms with Crippen molar-refractivity contribution >= 4 is 34.2 Å². The molecule has 2 fully saturated rings. The molecule has 0 bridgehead atoms. The van der Waals surface area contributed by atoms with Crippen LogP contribution in [0.1, 0.15) is 31.4 Å². The van der Waals surface area contributed by atoms with Crippen LogP contribution in [0.5, 0.6) is 5.75 Å². The molecule has 2 saturated heterocycles. The number of halogens is 1. The Bertz CT molecular complexity index is 1190. The molecule has 0 saturated carbocycles. The number of benzene rings is 1. The SMILES string of the molecule is CN1C[C@@H](Nc2nc(N3CCC(C4Nc5cc(F)ccc5O4)CC3)nc3c2S(=O)CC3)CCC1=O. The average molecular weight is 501 g/mol. The summed E-state index contributed by atoms with van der Waals surface area (Å²) in [5.74, 6) is 2.73. The second-order valence-corrected chi connectivity index (χ2v) is 11.3. The molecule has 0 spiro atoms. The van der Waals surface area contributed by atoms with Crippen LogP contribution in [0, 0.1) is 11.7 Å². The van der Waals surface area contributed by atoms with Crippen molar-refractivity contribution in [2.75, 3.05) is 48.0 Å². The summed E-state index contributed by atoms with van der Waals surface area (Å²) in [6.07, 6.45) is 3.52. The number of likely N-dealkylation sites (tertiary alicyclic amines) is 1. The third kappa shape index (κ3) is 4.30. The van der Waals surface area contributed by atoms with Crippen LogP contribution in [-0.2, 0) is 22.0 Å². The number of ether oxygens (including phenoxy) is 1. The molecule has 2 N–H and O–H groups in total. The topological polar surface area (TPSA) is 99.7 Å². The van der Waals surface area contributed by atoms with Gasteiger partial charge in [0.05, 0.1) is 22.2 Å². The number of nitrogens with one attached hydrogen (secondary N) is 2. The Hall–Kier alpha value is -2.95. The van der Waals surface area contributed by atoms with Crippen LogP contribution in [0.4, 0.5) is 21.8 Å². The minimum Gasteiger partial charge on any atom is -0.468 e. The van der Waals surface area contributed by atoms with E-state index in [1.807, 2.05) is 7.05 Å². The average Bonchev–Trinajstić information content (AvgIpc) is 3.45. The van der Waals surface area contributed by atoms with Gasteiger partial charge in [0.15, 0.2) is 6.23 Å². The number of amides is 1. The van der Waals surface area contributed by atoms with E-state index in [2.05, 4.69) is 15.5 Å². The van der Waals surface area contributed by atoms with E-state index in [-0.39, 0.29) is 29.9 Å². The quantitative estimate of drug-likeness (QED) is 0.660. The zero-order valence-electron chi connectivity index (χ0n) is 19.6. The van der Waals surface area contributed by atoms with E-state index in [9.17, 15) is 13.4 Å². The van der Waals surface area contributed by atoms with E-state index in [4.69, 9.17) is 14.7 Å². The molecule has 2 unspecified atom stereocenters. The molecular weight excluding hydrogens is 471 g/mol. The van der Waals surface area contributed by atoms with E-state index in [1.54, 1.807) is 11.0 Å². The number of piperidine rings is 2. The van der Waals surface area contributed by atoms with Crippen LogP contribution in [0.3, 0.4) is 0 Å². The van der Waals surface area contributed by atoms with Crippen molar-refractivity contribution in [3.05, 3.63) is 29.7 Å². The second kappa shape index (κ2) is 8.92. The largest absolute Gasteiger partial charge is 0.468 e. The first-order chi connectivity index (χ1) is 16.9. The summed E-state index contributed by atoms with van der Waals surface area (Å²) in [6.45, 7) is 2.16. The zero-order valence-corrected chi connectivity index (χ0v) is 20.4. The number of hydrogen-bond donors (Lipinski definition) is 2. The lowest BCUT2D eigenvalue weighted by Gasteiger charge is -2.35. The maximum absolute atomic E-state index is 13.5. The molecule has 1 aromatic heterocycles. The van der Waals surface area contributed by atoms with Crippen molar-refractivity contribution in [1.29, 1.82) is 0 Å². The Morgan fingerprint density at radius 1 is 1.20 bits per heavy atom. The molecule has 186 valence electrons. The van der Waals surface area contributed by atoms with Crippen LogP contribution < -0.4 is 20.3 Å². The molecular formula is C24H29FN6O3S. The summed E-state index contributed by atoms with van der Waals surface area (Å²) < 4.78 is 32.3. The molecule has 6 rings (SSSR count). The van der Waals surface area contributed by atoms with E-state index < -0.39 is 10.8 Å². The van der Waals surface area contributed by atoms with Crippen LogP contribution in [-0.4, -0.2) is 69.7 Å². The summed E-state index contributed by atoms with van der Waals surface area (Å²) in [7, 11) is 0.702. The number of nitrogens with zero attached hydrogens (tertiary/aromatic N) is 4. The molecule has 1 aromatic carbocycles. The number of hydrogen-bond acceptors (Lipinski definition) is 8. The molecule has 3 atom stereocenters. The van der Waals surface area contributed by atoms with E-state index >= 15 is 0 Å². The lowest BCUT2D eigenvalue weighted by atomic mass is 9.95. The molecule has 9 nitrogen and oxygen atoms in total. The van der Waals surface area contributed by atoms with Gasteiger partial charge in [0.2, 0.25) is 11.9 Å². The highest BCUT2D eigenvalue weighted by Gasteiger charge is 2.35. The number of fused-ring (bicyclic) bond motifs is 2. The van der Waals surface area contributed by atoms with E-state index in [0.717, 1.165) is 42.9 Å². The van der Waals surface area contributed by atoms with Crippen molar-refractivity contribution in [3.63, 3.8) is 0 Å². The van der Waals surface area contributed by atoms with Gasteiger partial charge in [-0.25, -0.2) is 9.37 Å². The first-order valence-corrected chi connectivity index (χ1v) is 13.5. The molecule has 11 heteroatoms. The van der Waals surface area contributed by atoms with Gasteiger partial charge >= 0.3 is 0 Å². The number of aromatic nitrogens is 2. The van der Waals surface area contributed by atoms with Gasteiger partial charge in [0.1, 0.15) is 22.3 Å². The maximum atomic E-state index is 13.5. The molecule has 0 aliphatic carbocycles. The fraction of sp³-hybridized carbons (Fsp3) is 0.542. The Labute approximate surface area is 205 Å². The highest BCUT2D eigenvalue weighted by Crippen LogP contribution is 2.38. The molecule has 0 radical (unpaired) electrons. The highest BCUT2D eigenvalue weighted by molar-refractivity contribution is 7.85. The number of carbonyl (C=O) groups excluding carboxylic acids is 1. The Balaban J connectivity index is 1.16. The fourth-order valence-electron chi connectivity index (χ4n) is 5.40. The molecule has 5 heterocycles. The van der Waals surface area contributed by atoms with Gasteiger partial charge in [-0.2, -0.15) is 4.98 Å². The molecule has 4 aliphatic rings. The van der Waals surface area contributed by atoms with Crippen molar-refractivity contribution in [2.45, 2.75) is 49.3 Å². The van der Waals surface area contributed by atoms with Crippen LogP contribution in [0.15, 0.2) is 23.1 Å². The lowest BCUT2D eigenvalue weighted by molar-refractivity contribution is -0.132. The standard InChI is InChI=1S/C24H29FN6O3S/c1-30-13-16(3-5-20(30)32)26-22-21-17(8-11-35(21)33)28-24(29-22)31-9-6-14(7-10-31)23-27-18-12-15(25)2-4-19(18)34-23/h2,4,12,14,16,23,27H,3,5-11,13H2,1H3,(H,26,28,29)/t16-,23?,35?/m0/s1. The Morgan fingerprint density at radius 2 is 2.03 bits per heavy atom. The molecule has 35 heavy (non-hydrogen) atoms. The normalized spacial score (nSPS) is 26.2. The number of anilines is 3. The number of likely N-dealkylation sites (N-methyl/N-ethyl adjacent to an activating group) is 1. The van der Waals surface area contributed by atoms with Gasteiger partial charge < -0.3 is 25.2 Å². The fourth-order valence-corrected chi connectivity index (χ4v) is 6.71. The van der Waals surface area contributed by atoms with Crippen molar-refractivity contribution < 1.29 is 18.1 Å². The first kappa shape index (κ1) is 22.5. The van der Waals surface area contributed by atoms with Gasteiger partial charge in [-0.3, -0.25) is 9.00 Å². The number of rotatable bonds is 4. The highest BCUT2D eigenvalue weighted by atomic mass is 32.2. The van der Waals surface area contributed by atoms with Crippen LogP contribution in [0.25, 0.3) is 0 Å². The summed E-state index contributed by atoms with van der Waals surface area (Å²) >= 11 is 0. The lowest BCUT2D eigenvalue weighted by Crippen LogP contribution is -2.43. The summed E-state index contributed by atoms with van der Waals surface area (Å²) in [5.41, 5.74) is 1.56. The predicted molar refractivity (Wildman–Crippen MR) is 131 cm³/mol. The second-order valence-electron chi connectivity index (χ2n) is 9.75. The van der Waals surface area contributed by atoms with Crippen molar-refractivity contribution in [2.24, 2.45) is 5.92 Å². The van der Waals surface area contributed by atoms with Gasteiger partial charge in [-0.15, -0.1) is 0 Å². The molecule has 4 aliphatic heterocycles. The Morgan fingerprint density at radius 3 is 2.83 bits per heavy atom. The maximum Gasteiger partial charge on any atom is 0.227 e. The van der Waals surface area contributed by atoms with Gasteiger partial charge in [-0.05, 0) is 31.4 Å². The zero-order chi connectivity index (χ0) is 24.1. The van der Waals surface area contributed by atoms with Crippen molar-refractivity contribution in [3.8, 4) is 5.75 Å². The van der Waals surface area contributed by atoms with E-state index in [1.165, 1.54) is 12.1 Å². The number of aryl methyl sites for hydroxylation is 1. The minimum atomic E-state index is -1.11. The van der Waals surface area contributed by atoms with Crippen molar-refractivity contribution in [1.82, 2.24) is 14.9 Å². The number of carbonyl (C=O) groups is 1. The summed E-state index contributed by atoms with van der Waals surface area (Å²) in [4.78, 5) is 26.2. The van der Waals surface area contributed by atoms with E-state index in [0.29, 0.717) is 48.3 Å². The van der Waals surface area contributed by atoms with Gasteiger partial charge in [-0.1, -0.05) is 0 Å². The third-order valence-corrected chi connectivity index (χ3v) is 8.85. The van der Waals surface area contributed by atoms with Gasteiger partial charge in [0, 0.05) is 63.3 Å². The van der Waals surface area contributed by atoms with Gasteiger partial charge in [0.25, 0.3) is 0 Å². The van der Waals surface area contributed by atoms with Crippen LogP contribution >= 0.6 is 0 Å². The summed E-state index contributed by atoms with van der Waals surface area (Å²) in [5, 5.41) is 6.80. The predicted octanol–water partition coefficient (Wildman–Crippen LogP) is 2.36. The summed E-state index contributed by atoms with van der Waals surface area (Å²) in [6, 6.07) is 4.63. The molecule has 1 amide bonds.